The first-order valence-electron chi connectivity index (χ1n) is 24.3. The Hall–Kier alpha value is -1.55. The molecule has 0 amide bonds. The molecule has 0 aromatic carbocycles. The first-order valence-corrected chi connectivity index (χ1v) is 25.8. The van der Waals surface area contributed by atoms with Crippen LogP contribution in [0.25, 0.3) is 0 Å². The number of ether oxygens (including phenoxy) is 2. The van der Waals surface area contributed by atoms with Gasteiger partial charge in [0, 0.05) is 12.8 Å². The molecule has 0 rings (SSSR count). The molecular formula is C48H91O10P. The number of aliphatic hydroxyl groups is 2. The molecule has 0 saturated carbocycles. The molecule has 0 saturated heterocycles. The minimum Gasteiger partial charge on any atom is -0.462 e. The third-order valence-corrected chi connectivity index (χ3v) is 11.6. The summed E-state index contributed by atoms with van der Waals surface area (Å²) in [6.07, 6.45) is 45.7. The lowest BCUT2D eigenvalue weighted by Crippen LogP contribution is -2.29. The number of hydrogen-bond acceptors (Lipinski definition) is 9. The van der Waals surface area contributed by atoms with Crippen molar-refractivity contribution < 1.29 is 47.8 Å². The van der Waals surface area contributed by atoms with Crippen molar-refractivity contribution in [1.82, 2.24) is 0 Å². The molecule has 10 nitrogen and oxygen atoms in total. The van der Waals surface area contributed by atoms with E-state index >= 15 is 0 Å². The lowest BCUT2D eigenvalue weighted by molar-refractivity contribution is -0.161. The van der Waals surface area contributed by atoms with Crippen molar-refractivity contribution in [2.75, 3.05) is 26.4 Å². The molecule has 0 heterocycles. The zero-order chi connectivity index (χ0) is 43.3. The van der Waals surface area contributed by atoms with E-state index in [4.69, 9.17) is 23.6 Å². The Balaban J connectivity index is 4.17. The molecule has 0 aliphatic carbocycles. The second-order valence-electron chi connectivity index (χ2n) is 16.5. The lowest BCUT2D eigenvalue weighted by atomic mass is 10.0. The summed E-state index contributed by atoms with van der Waals surface area (Å²) in [6, 6.07) is 0. The second kappa shape index (κ2) is 44.5. The van der Waals surface area contributed by atoms with Gasteiger partial charge in [0.15, 0.2) is 6.10 Å². The quantitative estimate of drug-likeness (QED) is 0.0234. The number of unbranched alkanes of at least 4 members (excludes halogenated alkanes) is 29. The van der Waals surface area contributed by atoms with E-state index in [2.05, 4.69) is 38.2 Å². The molecule has 3 N–H and O–H groups in total. The molecular weight excluding hydrogens is 767 g/mol. The topological polar surface area (TPSA) is 149 Å². The van der Waals surface area contributed by atoms with E-state index in [1.165, 1.54) is 135 Å². The van der Waals surface area contributed by atoms with Crippen LogP contribution in [-0.2, 0) is 32.7 Å². The SMILES string of the molecule is CCCCCC/C=C/C=C/CCCCCCCC(=O)O[C@@H](COC(=O)CCCCCCCCCCCCCCCCCCCCCCC)COP(=O)(O)OC[C@H](O)CO. The summed E-state index contributed by atoms with van der Waals surface area (Å²) in [4.78, 5) is 35.1. The number of carbonyl (C=O) groups excluding carboxylic acids is 2. The zero-order valence-corrected chi connectivity index (χ0v) is 38.9. The van der Waals surface area contributed by atoms with Crippen molar-refractivity contribution in [2.45, 2.75) is 244 Å². The van der Waals surface area contributed by atoms with Gasteiger partial charge in [-0.15, -0.1) is 0 Å². The number of allylic oxidation sites excluding steroid dienone is 4. The van der Waals surface area contributed by atoms with E-state index < -0.39 is 51.8 Å². The number of esters is 2. The summed E-state index contributed by atoms with van der Waals surface area (Å²) >= 11 is 0. The van der Waals surface area contributed by atoms with Crippen LogP contribution in [0.2, 0.25) is 0 Å². The fraction of sp³-hybridized carbons (Fsp3) is 0.875. The molecule has 1 unspecified atom stereocenters. The van der Waals surface area contributed by atoms with Crippen LogP contribution in [0.3, 0.4) is 0 Å². The number of rotatable bonds is 46. The number of hydrogen-bond donors (Lipinski definition) is 3. The Labute approximate surface area is 361 Å². The molecule has 0 aliphatic rings. The predicted octanol–water partition coefficient (Wildman–Crippen LogP) is 13.3. The Morgan fingerprint density at radius 1 is 0.508 bits per heavy atom. The molecule has 3 atom stereocenters. The minimum absolute atomic E-state index is 0.169. The normalized spacial score (nSPS) is 13.9. The predicted molar refractivity (Wildman–Crippen MR) is 242 cm³/mol. The van der Waals surface area contributed by atoms with E-state index in [9.17, 15) is 24.2 Å². The smallest absolute Gasteiger partial charge is 0.462 e. The van der Waals surface area contributed by atoms with Crippen molar-refractivity contribution in [3.8, 4) is 0 Å². The fourth-order valence-electron chi connectivity index (χ4n) is 6.87. The molecule has 59 heavy (non-hydrogen) atoms. The summed E-state index contributed by atoms with van der Waals surface area (Å²) in [6.45, 7) is 2.38. The third-order valence-electron chi connectivity index (χ3n) is 10.6. The van der Waals surface area contributed by atoms with Gasteiger partial charge in [0.1, 0.15) is 12.7 Å². The third kappa shape index (κ3) is 44.3. The van der Waals surface area contributed by atoms with Crippen molar-refractivity contribution in [3.63, 3.8) is 0 Å². The summed E-state index contributed by atoms with van der Waals surface area (Å²) in [7, 11) is -4.62. The van der Waals surface area contributed by atoms with Gasteiger partial charge < -0.3 is 24.6 Å². The highest BCUT2D eigenvalue weighted by molar-refractivity contribution is 7.47. The van der Waals surface area contributed by atoms with Crippen LogP contribution < -0.4 is 0 Å². The maximum atomic E-state index is 12.6. The summed E-state index contributed by atoms with van der Waals surface area (Å²) in [5, 5.41) is 18.4. The molecule has 0 fully saturated rings. The van der Waals surface area contributed by atoms with Crippen molar-refractivity contribution in [2.24, 2.45) is 0 Å². The molecule has 0 radical (unpaired) electrons. The van der Waals surface area contributed by atoms with E-state index in [-0.39, 0.29) is 19.4 Å². The average Bonchev–Trinajstić information content (AvgIpc) is 3.22. The molecule has 0 aromatic rings. The monoisotopic (exact) mass is 859 g/mol. The summed E-state index contributed by atoms with van der Waals surface area (Å²) in [5.41, 5.74) is 0. The number of aliphatic hydroxyl groups excluding tert-OH is 2. The largest absolute Gasteiger partial charge is 0.472 e. The van der Waals surface area contributed by atoms with E-state index in [0.29, 0.717) is 12.8 Å². The molecule has 0 spiro atoms. The van der Waals surface area contributed by atoms with Crippen LogP contribution in [0.5, 0.6) is 0 Å². The van der Waals surface area contributed by atoms with Gasteiger partial charge in [-0.3, -0.25) is 18.6 Å². The standard InChI is InChI=1S/C48H91O10P/c1-3-5-7-9-11-13-15-17-19-20-21-22-23-24-26-27-29-31-33-35-37-39-47(51)55-43-46(44-57-59(53,54)56-42-45(50)41-49)58-48(52)40-38-36-34-32-30-28-25-18-16-14-12-10-8-6-4-2/h14,16,18,25,45-46,49-50H,3-13,15,17,19-24,26-44H2,1-2H3,(H,53,54)/b16-14+,25-18+/t45-,46+/m1/s1. The Morgan fingerprint density at radius 3 is 1.29 bits per heavy atom. The van der Waals surface area contributed by atoms with Crippen LogP contribution in [0, 0.1) is 0 Å². The Bertz CT molecular complexity index is 1040. The van der Waals surface area contributed by atoms with E-state index in [1.807, 2.05) is 0 Å². The summed E-state index contributed by atoms with van der Waals surface area (Å²) < 4.78 is 32.8. The van der Waals surface area contributed by atoms with Gasteiger partial charge in [0.25, 0.3) is 0 Å². The lowest BCUT2D eigenvalue weighted by Gasteiger charge is -2.20. The fourth-order valence-corrected chi connectivity index (χ4v) is 7.66. The second-order valence-corrected chi connectivity index (χ2v) is 18.0. The van der Waals surface area contributed by atoms with E-state index in [0.717, 1.165) is 57.8 Å². The number of phosphoric acid groups is 1. The molecule has 11 heteroatoms. The zero-order valence-electron chi connectivity index (χ0n) is 38.0. The number of phosphoric ester groups is 1. The maximum Gasteiger partial charge on any atom is 0.472 e. The summed E-state index contributed by atoms with van der Waals surface area (Å²) in [5.74, 6) is -0.931. The van der Waals surface area contributed by atoms with Gasteiger partial charge >= 0.3 is 19.8 Å². The highest BCUT2D eigenvalue weighted by atomic mass is 31.2. The van der Waals surface area contributed by atoms with Gasteiger partial charge in [-0.05, 0) is 38.5 Å². The highest BCUT2D eigenvalue weighted by Gasteiger charge is 2.27. The van der Waals surface area contributed by atoms with Crippen molar-refractivity contribution >= 4 is 19.8 Å². The van der Waals surface area contributed by atoms with Gasteiger partial charge in [-0.25, -0.2) is 4.57 Å². The van der Waals surface area contributed by atoms with Crippen molar-refractivity contribution in [3.05, 3.63) is 24.3 Å². The first kappa shape index (κ1) is 57.4. The molecule has 0 bridgehead atoms. The molecule has 0 aliphatic heterocycles. The Morgan fingerprint density at radius 2 is 0.864 bits per heavy atom. The van der Waals surface area contributed by atoms with Crippen LogP contribution >= 0.6 is 7.82 Å². The van der Waals surface area contributed by atoms with Gasteiger partial charge in [-0.2, -0.15) is 0 Å². The average molecular weight is 859 g/mol. The van der Waals surface area contributed by atoms with Crippen molar-refractivity contribution in [1.29, 1.82) is 0 Å². The van der Waals surface area contributed by atoms with Crippen LogP contribution in [-0.4, -0.2) is 65.7 Å². The maximum absolute atomic E-state index is 12.6. The van der Waals surface area contributed by atoms with Crippen LogP contribution in [0.4, 0.5) is 0 Å². The molecule has 0 aromatic heterocycles. The van der Waals surface area contributed by atoms with Crippen LogP contribution in [0.15, 0.2) is 24.3 Å². The Kier molecular flexibility index (Phi) is 43.3. The minimum atomic E-state index is -4.62. The van der Waals surface area contributed by atoms with E-state index in [1.54, 1.807) is 0 Å². The number of carbonyl (C=O) groups is 2. The highest BCUT2D eigenvalue weighted by Crippen LogP contribution is 2.43. The van der Waals surface area contributed by atoms with Crippen LogP contribution in [0.1, 0.15) is 232 Å². The van der Waals surface area contributed by atoms with Gasteiger partial charge in [0.05, 0.1) is 19.8 Å². The van der Waals surface area contributed by atoms with Gasteiger partial charge in [-0.1, -0.05) is 205 Å². The van der Waals surface area contributed by atoms with Gasteiger partial charge in [0.2, 0.25) is 0 Å². The molecule has 348 valence electrons. The first-order chi connectivity index (χ1) is 28.7.